The smallest absolute Gasteiger partial charge is 0.224 e. The summed E-state index contributed by atoms with van der Waals surface area (Å²) in [6, 6.07) is 8.00. The van der Waals surface area contributed by atoms with E-state index in [9.17, 15) is 4.79 Å². The molecule has 0 radical (unpaired) electrons. The van der Waals surface area contributed by atoms with Crippen LogP contribution in [0.2, 0.25) is 0 Å². The maximum atomic E-state index is 11.8. The number of amides is 1. The van der Waals surface area contributed by atoms with Crippen molar-refractivity contribution in [3.8, 4) is 0 Å². The van der Waals surface area contributed by atoms with Crippen LogP contribution in [0.15, 0.2) is 29.3 Å². The zero-order valence-corrected chi connectivity index (χ0v) is 14.0. The van der Waals surface area contributed by atoms with Gasteiger partial charge in [0.15, 0.2) is 5.96 Å². The molecule has 0 bridgehead atoms. The van der Waals surface area contributed by atoms with E-state index < -0.39 is 0 Å². The molecule has 122 valence electrons. The number of carbonyl (C=O) groups excluding carboxylic acids is 1. The van der Waals surface area contributed by atoms with Crippen molar-refractivity contribution in [2.24, 2.45) is 16.6 Å². The van der Waals surface area contributed by atoms with Crippen LogP contribution in [-0.4, -0.2) is 17.9 Å². The molecule has 1 unspecified atom stereocenters. The summed E-state index contributed by atoms with van der Waals surface area (Å²) in [5.41, 5.74) is 7.65. The zero-order chi connectivity index (χ0) is 16.5. The number of nitrogens with one attached hydrogen (secondary N) is 2. The number of nitrogens with two attached hydrogens (primary N) is 1. The van der Waals surface area contributed by atoms with E-state index in [1.165, 1.54) is 0 Å². The van der Waals surface area contributed by atoms with Gasteiger partial charge in [-0.2, -0.15) is 0 Å². The Hall–Kier alpha value is -2.04. The number of benzene rings is 1. The Balaban J connectivity index is 2.60. The van der Waals surface area contributed by atoms with E-state index in [1.54, 1.807) is 0 Å². The van der Waals surface area contributed by atoms with E-state index in [0.717, 1.165) is 17.7 Å². The molecule has 0 saturated carbocycles. The van der Waals surface area contributed by atoms with Gasteiger partial charge in [-0.05, 0) is 37.0 Å². The van der Waals surface area contributed by atoms with E-state index in [-0.39, 0.29) is 5.91 Å². The van der Waals surface area contributed by atoms with Gasteiger partial charge in [0.05, 0.1) is 6.54 Å². The van der Waals surface area contributed by atoms with Crippen LogP contribution in [0.1, 0.15) is 46.1 Å². The first-order valence-corrected chi connectivity index (χ1v) is 7.86. The largest absolute Gasteiger partial charge is 0.370 e. The van der Waals surface area contributed by atoms with Gasteiger partial charge < -0.3 is 16.4 Å². The monoisotopic (exact) mass is 304 g/mol. The topological polar surface area (TPSA) is 79.5 Å². The number of carbonyl (C=O) groups is 1. The van der Waals surface area contributed by atoms with Gasteiger partial charge >= 0.3 is 0 Å². The molecule has 1 aromatic rings. The minimum absolute atomic E-state index is 0.0357. The number of hydrogen-bond acceptors (Lipinski definition) is 2. The van der Waals surface area contributed by atoms with E-state index in [4.69, 9.17) is 5.73 Å². The molecule has 0 saturated heterocycles. The van der Waals surface area contributed by atoms with Crippen molar-refractivity contribution in [3.63, 3.8) is 0 Å². The van der Waals surface area contributed by atoms with Gasteiger partial charge in [-0.1, -0.05) is 32.9 Å². The Bertz CT molecular complexity index is 511. The third-order valence-electron chi connectivity index (χ3n) is 3.24. The second-order valence-electron chi connectivity index (χ2n) is 6.00. The summed E-state index contributed by atoms with van der Waals surface area (Å²) in [6.45, 7) is 8.69. The Kier molecular flexibility index (Phi) is 7.43. The molecular weight excluding hydrogens is 276 g/mol. The summed E-state index contributed by atoms with van der Waals surface area (Å²) in [7, 11) is 0. The highest BCUT2D eigenvalue weighted by atomic mass is 16.1. The molecule has 0 fully saturated rings. The molecule has 1 aromatic carbocycles. The molecule has 1 amide bonds. The predicted molar refractivity (Wildman–Crippen MR) is 92.7 cm³/mol. The molecular formula is C17H28N4O. The lowest BCUT2D eigenvalue weighted by atomic mass is 10.1. The van der Waals surface area contributed by atoms with Gasteiger partial charge in [-0.15, -0.1) is 0 Å². The van der Waals surface area contributed by atoms with Gasteiger partial charge in [-0.25, -0.2) is 4.99 Å². The number of rotatable bonds is 7. The summed E-state index contributed by atoms with van der Waals surface area (Å²) in [5.74, 6) is 0.830. The van der Waals surface area contributed by atoms with Crippen molar-refractivity contribution in [3.05, 3.63) is 29.8 Å². The fourth-order valence-corrected chi connectivity index (χ4v) is 1.91. The fourth-order valence-electron chi connectivity index (χ4n) is 1.91. The first-order chi connectivity index (χ1) is 10.4. The lowest BCUT2D eigenvalue weighted by Gasteiger charge is -2.12. The Labute approximate surface area is 133 Å². The van der Waals surface area contributed by atoms with Crippen LogP contribution in [0.25, 0.3) is 0 Å². The lowest BCUT2D eigenvalue weighted by molar-refractivity contribution is -0.116. The molecule has 5 nitrogen and oxygen atoms in total. The van der Waals surface area contributed by atoms with Crippen molar-refractivity contribution < 1.29 is 4.79 Å². The average Bonchev–Trinajstić information content (AvgIpc) is 2.44. The molecule has 0 heterocycles. The molecule has 0 aliphatic carbocycles. The SMILES string of the molecule is CCC(C)NC(N)=NCc1cccc(NC(=O)CC(C)C)c1. The van der Waals surface area contributed by atoms with Crippen LogP contribution in [0.3, 0.4) is 0 Å². The number of hydrogen-bond donors (Lipinski definition) is 3. The average molecular weight is 304 g/mol. The minimum atomic E-state index is 0.0357. The first-order valence-electron chi connectivity index (χ1n) is 7.86. The van der Waals surface area contributed by atoms with E-state index >= 15 is 0 Å². The van der Waals surface area contributed by atoms with Crippen LogP contribution < -0.4 is 16.4 Å². The summed E-state index contributed by atoms with van der Waals surface area (Å²) < 4.78 is 0. The van der Waals surface area contributed by atoms with Crippen molar-refractivity contribution in [1.29, 1.82) is 0 Å². The minimum Gasteiger partial charge on any atom is -0.370 e. The van der Waals surface area contributed by atoms with Crippen LogP contribution in [0.5, 0.6) is 0 Å². The Morgan fingerprint density at radius 2 is 2.05 bits per heavy atom. The second kappa shape index (κ2) is 9.07. The molecule has 4 N–H and O–H groups in total. The molecule has 0 aromatic heterocycles. The predicted octanol–water partition coefficient (Wildman–Crippen LogP) is 2.87. The highest BCUT2D eigenvalue weighted by Crippen LogP contribution is 2.13. The molecule has 0 spiro atoms. The number of aliphatic imine (C=N–C) groups is 1. The van der Waals surface area contributed by atoms with Crippen LogP contribution >= 0.6 is 0 Å². The number of nitrogens with zero attached hydrogens (tertiary/aromatic N) is 1. The fraction of sp³-hybridized carbons (Fsp3) is 0.529. The van der Waals surface area contributed by atoms with E-state index in [2.05, 4.69) is 29.5 Å². The molecule has 5 heteroatoms. The summed E-state index contributed by atoms with van der Waals surface area (Å²) >= 11 is 0. The third-order valence-corrected chi connectivity index (χ3v) is 3.24. The van der Waals surface area contributed by atoms with E-state index in [1.807, 2.05) is 38.1 Å². The van der Waals surface area contributed by atoms with Crippen LogP contribution in [-0.2, 0) is 11.3 Å². The second-order valence-corrected chi connectivity index (χ2v) is 6.00. The maximum Gasteiger partial charge on any atom is 0.224 e. The van der Waals surface area contributed by atoms with Gasteiger partial charge in [0.1, 0.15) is 0 Å². The summed E-state index contributed by atoms with van der Waals surface area (Å²) in [5, 5.41) is 6.03. The molecule has 0 aliphatic rings. The molecule has 0 aliphatic heterocycles. The van der Waals surface area contributed by atoms with Crippen LogP contribution in [0, 0.1) is 5.92 Å². The van der Waals surface area contributed by atoms with Crippen molar-refractivity contribution in [2.45, 2.75) is 53.1 Å². The van der Waals surface area contributed by atoms with Crippen molar-refractivity contribution in [1.82, 2.24) is 5.32 Å². The lowest BCUT2D eigenvalue weighted by Crippen LogP contribution is -2.38. The quantitative estimate of drug-likeness (QED) is 0.535. The normalized spacial score (nSPS) is 13.0. The van der Waals surface area contributed by atoms with Gasteiger partial charge in [-0.3, -0.25) is 4.79 Å². The number of guanidine groups is 1. The standard InChI is InChI=1S/C17H28N4O/c1-5-13(4)20-17(18)19-11-14-7-6-8-15(10-14)21-16(22)9-12(2)3/h6-8,10,12-13H,5,9,11H2,1-4H3,(H,21,22)(H3,18,19,20). The Morgan fingerprint density at radius 1 is 1.32 bits per heavy atom. The zero-order valence-electron chi connectivity index (χ0n) is 14.0. The number of anilines is 1. The van der Waals surface area contributed by atoms with Gasteiger partial charge in [0, 0.05) is 18.2 Å². The molecule has 1 rings (SSSR count). The van der Waals surface area contributed by atoms with Gasteiger partial charge in [0.25, 0.3) is 0 Å². The van der Waals surface area contributed by atoms with Crippen molar-refractivity contribution in [2.75, 3.05) is 5.32 Å². The van der Waals surface area contributed by atoms with Gasteiger partial charge in [0.2, 0.25) is 5.91 Å². The Morgan fingerprint density at radius 3 is 2.68 bits per heavy atom. The van der Waals surface area contributed by atoms with E-state index in [0.29, 0.717) is 30.9 Å². The molecule has 22 heavy (non-hydrogen) atoms. The summed E-state index contributed by atoms with van der Waals surface area (Å²) in [4.78, 5) is 16.1. The van der Waals surface area contributed by atoms with Crippen LogP contribution in [0.4, 0.5) is 5.69 Å². The third kappa shape index (κ3) is 7.11. The summed E-state index contributed by atoms with van der Waals surface area (Å²) in [6.07, 6.45) is 1.52. The van der Waals surface area contributed by atoms with Crippen molar-refractivity contribution >= 4 is 17.6 Å². The first kappa shape index (κ1) is 18.0. The highest BCUT2D eigenvalue weighted by molar-refractivity contribution is 5.90. The molecule has 1 atom stereocenters. The maximum absolute atomic E-state index is 11.8. The highest BCUT2D eigenvalue weighted by Gasteiger charge is 2.05.